The van der Waals surface area contributed by atoms with Gasteiger partial charge in [-0.25, -0.2) is 0 Å². The maximum Gasteiger partial charge on any atom is 0.237 e. The highest BCUT2D eigenvalue weighted by molar-refractivity contribution is 5.82. The van der Waals surface area contributed by atoms with Crippen molar-refractivity contribution in [1.29, 1.82) is 0 Å². The van der Waals surface area contributed by atoms with Crippen LogP contribution in [-0.4, -0.2) is 37.7 Å². The summed E-state index contributed by atoms with van der Waals surface area (Å²) in [5, 5.41) is 6.05. The summed E-state index contributed by atoms with van der Waals surface area (Å²) in [5.41, 5.74) is -0.283. The van der Waals surface area contributed by atoms with Crippen LogP contribution in [-0.2, 0) is 9.53 Å². The largest absolute Gasteiger partial charge is 0.377 e. The molecule has 14 heavy (non-hydrogen) atoms. The van der Waals surface area contributed by atoms with E-state index in [1.165, 1.54) is 0 Å². The van der Waals surface area contributed by atoms with Gasteiger partial charge in [-0.2, -0.15) is 0 Å². The molecule has 0 spiro atoms. The summed E-state index contributed by atoms with van der Waals surface area (Å²) >= 11 is 0. The van der Waals surface area contributed by atoms with Crippen molar-refractivity contribution in [2.24, 2.45) is 0 Å². The van der Waals surface area contributed by atoms with E-state index >= 15 is 0 Å². The average molecular weight is 200 g/mol. The molecule has 0 aromatic heterocycles. The molecular weight excluding hydrogens is 180 g/mol. The van der Waals surface area contributed by atoms with E-state index in [-0.39, 0.29) is 17.6 Å². The molecule has 0 aliphatic carbocycles. The van der Waals surface area contributed by atoms with Crippen molar-refractivity contribution in [3.63, 3.8) is 0 Å². The van der Waals surface area contributed by atoms with Crippen molar-refractivity contribution < 1.29 is 9.53 Å². The van der Waals surface area contributed by atoms with E-state index in [2.05, 4.69) is 10.6 Å². The van der Waals surface area contributed by atoms with Gasteiger partial charge >= 0.3 is 0 Å². The van der Waals surface area contributed by atoms with Crippen LogP contribution in [0.2, 0.25) is 0 Å². The molecule has 1 atom stereocenters. The molecule has 1 amide bonds. The summed E-state index contributed by atoms with van der Waals surface area (Å²) in [6, 6.07) is 0.00246. The number of carbonyl (C=O) groups excluding carboxylic acids is 1. The molecule has 82 valence electrons. The number of nitrogens with one attached hydrogen (secondary N) is 2. The predicted molar refractivity (Wildman–Crippen MR) is 55.1 cm³/mol. The molecular formula is C10H20N2O2. The Morgan fingerprint density at radius 2 is 2.36 bits per heavy atom. The first-order valence-corrected chi connectivity index (χ1v) is 5.11. The summed E-state index contributed by atoms with van der Waals surface area (Å²) < 4.78 is 5.22. The number of carbonyl (C=O) groups is 1. The Balaban J connectivity index is 2.27. The minimum Gasteiger partial charge on any atom is -0.377 e. The molecule has 0 aromatic rings. The normalized spacial score (nSPS) is 22.4. The zero-order valence-corrected chi connectivity index (χ0v) is 9.22. The van der Waals surface area contributed by atoms with Crippen molar-refractivity contribution in [1.82, 2.24) is 10.6 Å². The van der Waals surface area contributed by atoms with E-state index in [9.17, 15) is 4.79 Å². The van der Waals surface area contributed by atoms with Crippen molar-refractivity contribution in [2.75, 3.05) is 20.2 Å². The second kappa shape index (κ2) is 4.75. The molecule has 1 saturated heterocycles. The van der Waals surface area contributed by atoms with Crippen LogP contribution in [0.15, 0.2) is 0 Å². The van der Waals surface area contributed by atoms with Gasteiger partial charge in [0.25, 0.3) is 0 Å². The zero-order chi connectivity index (χ0) is 10.6. The Bertz CT molecular complexity index is 198. The molecule has 0 radical (unpaired) electrons. The molecule has 1 aliphatic heterocycles. The molecule has 4 heteroatoms. The van der Waals surface area contributed by atoms with Gasteiger partial charge < -0.3 is 15.4 Å². The third-order valence-corrected chi connectivity index (χ3v) is 2.62. The Morgan fingerprint density at radius 1 is 1.64 bits per heavy atom. The Hall–Kier alpha value is -0.610. The van der Waals surface area contributed by atoms with E-state index in [0.717, 1.165) is 19.4 Å². The van der Waals surface area contributed by atoms with Crippen LogP contribution in [0, 0.1) is 0 Å². The third kappa shape index (κ3) is 3.27. The molecule has 1 rings (SSSR count). The number of hydrogen-bond donors (Lipinski definition) is 2. The number of ether oxygens (including phenoxy) is 1. The van der Waals surface area contributed by atoms with Gasteiger partial charge in [-0.3, -0.25) is 4.79 Å². The number of methoxy groups -OCH3 is 1. The van der Waals surface area contributed by atoms with E-state index in [1.807, 2.05) is 13.8 Å². The van der Waals surface area contributed by atoms with Crippen LogP contribution in [0.5, 0.6) is 0 Å². The lowest BCUT2D eigenvalue weighted by Gasteiger charge is -2.24. The Kier molecular flexibility index (Phi) is 3.89. The van der Waals surface area contributed by atoms with Gasteiger partial charge in [0.2, 0.25) is 5.91 Å². The topological polar surface area (TPSA) is 50.4 Å². The quantitative estimate of drug-likeness (QED) is 0.685. The maximum absolute atomic E-state index is 11.6. The molecule has 1 heterocycles. The minimum absolute atomic E-state index is 0.00246. The fourth-order valence-electron chi connectivity index (χ4n) is 1.40. The standard InChI is InChI=1S/C10H20N2O2/c1-10(2,14-3)7-12-9(13)8-5-4-6-11-8/h8,11H,4-7H2,1-3H3,(H,12,13). The van der Waals surface area contributed by atoms with Crippen LogP contribution in [0.3, 0.4) is 0 Å². The summed E-state index contributed by atoms with van der Waals surface area (Å²) in [5.74, 6) is 0.0904. The van der Waals surface area contributed by atoms with Crippen LogP contribution < -0.4 is 10.6 Å². The van der Waals surface area contributed by atoms with Crippen LogP contribution in [0.1, 0.15) is 26.7 Å². The first kappa shape index (κ1) is 11.5. The van der Waals surface area contributed by atoms with Gasteiger partial charge in [-0.1, -0.05) is 0 Å². The van der Waals surface area contributed by atoms with Gasteiger partial charge in [0.15, 0.2) is 0 Å². The fourth-order valence-corrected chi connectivity index (χ4v) is 1.40. The summed E-state index contributed by atoms with van der Waals surface area (Å²) in [7, 11) is 1.65. The lowest BCUT2D eigenvalue weighted by Crippen LogP contribution is -2.46. The number of rotatable bonds is 4. The molecule has 1 fully saturated rings. The fraction of sp³-hybridized carbons (Fsp3) is 0.900. The minimum atomic E-state index is -0.283. The van der Waals surface area contributed by atoms with E-state index in [1.54, 1.807) is 7.11 Å². The zero-order valence-electron chi connectivity index (χ0n) is 9.22. The van der Waals surface area contributed by atoms with Crippen LogP contribution >= 0.6 is 0 Å². The lowest BCUT2D eigenvalue weighted by atomic mass is 10.1. The van der Waals surface area contributed by atoms with Gasteiger partial charge in [0.05, 0.1) is 11.6 Å². The SMILES string of the molecule is COC(C)(C)CNC(=O)C1CCCN1. The second-order valence-corrected chi connectivity index (χ2v) is 4.33. The van der Waals surface area contributed by atoms with Crippen molar-refractivity contribution in [3.8, 4) is 0 Å². The van der Waals surface area contributed by atoms with Gasteiger partial charge in [-0.05, 0) is 33.2 Å². The monoisotopic (exact) mass is 200 g/mol. The lowest BCUT2D eigenvalue weighted by molar-refractivity contribution is -0.124. The van der Waals surface area contributed by atoms with Crippen molar-refractivity contribution in [2.45, 2.75) is 38.3 Å². The van der Waals surface area contributed by atoms with Gasteiger partial charge in [0.1, 0.15) is 0 Å². The molecule has 1 unspecified atom stereocenters. The summed E-state index contributed by atoms with van der Waals surface area (Å²) in [4.78, 5) is 11.6. The molecule has 0 aromatic carbocycles. The van der Waals surface area contributed by atoms with E-state index < -0.39 is 0 Å². The Labute approximate surface area is 85.4 Å². The molecule has 4 nitrogen and oxygen atoms in total. The van der Waals surface area contributed by atoms with Gasteiger partial charge in [-0.15, -0.1) is 0 Å². The average Bonchev–Trinajstić information content (AvgIpc) is 2.67. The first-order valence-electron chi connectivity index (χ1n) is 5.11. The van der Waals surface area contributed by atoms with Gasteiger partial charge in [0, 0.05) is 13.7 Å². The highest BCUT2D eigenvalue weighted by Crippen LogP contribution is 2.07. The highest BCUT2D eigenvalue weighted by atomic mass is 16.5. The molecule has 1 aliphatic rings. The third-order valence-electron chi connectivity index (χ3n) is 2.62. The van der Waals surface area contributed by atoms with E-state index in [4.69, 9.17) is 4.74 Å². The van der Waals surface area contributed by atoms with Crippen molar-refractivity contribution >= 4 is 5.91 Å². The number of amides is 1. The van der Waals surface area contributed by atoms with Crippen LogP contribution in [0.25, 0.3) is 0 Å². The van der Waals surface area contributed by atoms with E-state index in [0.29, 0.717) is 6.54 Å². The summed E-state index contributed by atoms with van der Waals surface area (Å²) in [6.07, 6.45) is 2.03. The van der Waals surface area contributed by atoms with Crippen LogP contribution in [0.4, 0.5) is 0 Å². The molecule has 0 bridgehead atoms. The number of hydrogen-bond acceptors (Lipinski definition) is 3. The van der Waals surface area contributed by atoms with Crippen molar-refractivity contribution in [3.05, 3.63) is 0 Å². The predicted octanol–water partition coefficient (Wildman–Crippen LogP) is 0.280. The first-order chi connectivity index (χ1) is 6.55. The summed E-state index contributed by atoms with van der Waals surface area (Å²) in [6.45, 7) is 5.41. The Morgan fingerprint density at radius 3 is 2.86 bits per heavy atom. The second-order valence-electron chi connectivity index (χ2n) is 4.33. The highest BCUT2D eigenvalue weighted by Gasteiger charge is 2.24. The molecule has 2 N–H and O–H groups in total. The smallest absolute Gasteiger partial charge is 0.237 e. The molecule has 0 saturated carbocycles. The maximum atomic E-state index is 11.6.